The van der Waals surface area contributed by atoms with Gasteiger partial charge in [0, 0.05) is 13.0 Å². The summed E-state index contributed by atoms with van der Waals surface area (Å²) in [5.41, 5.74) is 0.429. The molecule has 0 aromatic carbocycles. The first-order valence-corrected chi connectivity index (χ1v) is 7.12. The highest BCUT2D eigenvalue weighted by Gasteiger charge is 2.09. The van der Waals surface area contributed by atoms with Gasteiger partial charge in [0.25, 0.3) is 0 Å². The Hall–Kier alpha value is -0.530. The Kier molecular flexibility index (Phi) is 8.28. The van der Waals surface area contributed by atoms with E-state index in [9.17, 15) is 4.79 Å². The third-order valence-electron chi connectivity index (χ3n) is 3.18. The molecule has 0 aliphatic rings. The van der Waals surface area contributed by atoms with Gasteiger partial charge >= 0.3 is 0 Å². The lowest BCUT2D eigenvalue weighted by molar-refractivity contribution is -0.121. The van der Waals surface area contributed by atoms with E-state index < -0.39 is 0 Å². The van der Waals surface area contributed by atoms with Crippen LogP contribution in [0, 0.1) is 11.3 Å². The van der Waals surface area contributed by atoms with Crippen molar-refractivity contribution in [1.29, 1.82) is 0 Å². The maximum atomic E-state index is 11.5. The molecule has 0 spiro atoms. The Balaban J connectivity index is 3.40. The summed E-state index contributed by atoms with van der Waals surface area (Å²) in [4.78, 5) is 11.5. The van der Waals surface area contributed by atoms with Crippen LogP contribution in [0.15, 0.2) is 0 Å². The summed E-state index contributed by atoms with van der Waals surface area (Å²) in [6, 6.07) is 0. The average molecular weight is 241 g/mol. The van der Waals surface area contributed by atoms with E-state index in [1.165, 1.54) is 19.3 Å². The molecule has 0 radical (unpaired) electrons. The second-order valence-corrected chi connectivity index (χ2v) is 6.44. The lowest BCUT2D eigenvalue weighted by atomic mass is 9.89. The molecule has 0 saturated heterocycles. The van der Waals surface area contributed by atoms with Crippen LogP contribution < -0.4 is 5.32 Å². The predicted molar refractivity (Wildman–Crippen MR) is 75.0 cm³/mol. The second-order valence-electron chi connectivity index (χ2n) is 6.44. The van der Waals surface area contributed by atoms with Crippen molar-refractivity contribution in [2.45, 2.75) is 73.1 Å². The molecule has 1 atom stereocenters. The van der Waals surface area contributed by atoms with E-state index in [-0.39, 0.29) is 5.91 Å². The summed E-state index contributed by atoms with van der Waals surface area (Å²) < 4.78 is 0. The smallest absolute Gasteiger partial charge is 0.220 e. The number of hydrogen-bond donors (Lipinski definition) is 1. The van der Waals surface area contributed by atoms with Gasteiger partial charge in [-0.25, -0.2) is 0 Å². The van der Waals surface area contributed by atoms with Crippen LogP contribution in [0.3, 0.4) is 0 Å². The Morgan fingerprint density at radius 2 is 1.82 bits per heavy atom. The Labute approximate surface area is 108 Å². The lowest BCUT2D eigenvalue weighted by Crippen LogP contribution is -2.27. The molecule has 0 aromatic heterocycles. The number of carbonyl (C=O) groups excluding carboxylic acids is 1. The third kappa shape index (κ3) is 11.7. The standard InChI is InChI=1S/C15H31NO/c1-6-13(2)12-16-14(17)10-8-7-9-11-15(3,4)5/h13H,6-12H2,1-5H3,(H,16,17). The van der Waals surface area contributed by atoms with E-state index in [1.54, 1.807) is 0 Å². The number of nitrogens with one attached hydrogen (secondary N) is 1. The van der Waals surface area contributed by atoms with Crippen molar-refractivity contribution in [3.63, 3.8) is 0 Å². The first kappa shape index (κ1) is 16.5. The largest absolute Gasteiger partial charge is 0.356 e. The van der Waals surface area contributed by atoms with Crippen LogP contribution in [0.2, 0.25) is 0 Å². The number of amides is 1. The Morgan fingerprint density at radius 1 is 1.18 bits per heavy atom. The minimum atomic E-state index is 0.223. The molecule has 0 rings (SSSR count). The summed E-state index contributed by atoms with van der Waals surface area (Å²) in [6.07, 6.45) is 6.52. The van der Waals surface area contributed by atoms with E-state index in [1.807, 2.05) is 0 Å². The molecule has 0 heterocycles. The maximum Gasteiger partial charge on any atom is 0.220 e. The Bertz CT molecular complexity index is 205. The van der Waals surface area contributed by atoms with Gasteiger partial charge in [-0.1, -0.05) is 53.9 Å². The molecule has 0 aliphatic heterocycles. The van der Waals surface area contributed by atoms with Crippen LogP contribution in [0.1, 0.15) is 73.1 Å². The van der Waals surface area contributed by atoms with Gasteiger partial charge in [0.05, 0.1) is 0 Å². The number of carbonyl (C=O) groups is 1. The number of unbranched alkanes of at least 4 members (excludes halogenated alkanes) is 2. The van der Waals surface area contributed by atoms with Gasteiger partial charge in [0.15, 0.2) is 0 Å². The van der Waals surface area contributed by atoms with Crippen LogP contribution in [-0.2, 0) is 4.79 Å². The molecule has 0 aromatic rings. The topological polar surface area (TPSA) is 29.1 Å². The van der Waals surface area contributed by atoms with Gasteiger partial charge < -0.3 is 5.32 Å². The zero-order valence-corrected chi connectivity index (χ0v) is 12.4. The third-order valence-corrected chi connectivity index (χ3v) is 3.18. The van der Waals surface area contributed by atoms with Crippen molar-refractivity contribution >= 4 is 5.91 Å². The van der Waals surface area contributed by atoms with Crippen LogP contribution in [0.4, 0.5) is 0 Å². The van der Waals surface area contributed by atoms with Gasteiger partial charge in [-0.15, -0.1) is 0 Å². The van der Waals surface area contributed by atoms with Gasteiger partial charge in [0.2, 0.25) is 5.91 Å². The highest BCUT2D eigenvalue weighted by atomic mass is 16.1. The predicted octanol–water partition coefficient (Wildman–Crippen LogP) is 4.15. The SMILES string of the molecule is CCC(C)CNC(=O)CCCCCC(C)(C)C. The molecule has 2 heteroatoms. The fraction of sp³-hybridized carbons (Fsp3) is 0.933. The molecular formula is C15H31NO. The van der Waals surface area contributed by atoms with Crippen LogP contribution in [0.5, 0.6) is 0 Å². The first-order valence-electron chi connectivity index (χ1n) is 7.12. The summed E-state index contributed by atoms with van der Waals surface area (Å²) in [5, 5.41) is 3.00. The molecule has 0 saturated carbocycles. The van der Waals surface area contributed by atoms with Crippen molar-refractivity contribution in [2.24, 2.45) is 11.3 Å². The van der Waals surface area contributed by atoms with Crippen molar-refractivity contribution in [2.75, 3.05) is 6.54 Å². The fourth-order valence-electron chi connectivity index (χ4n) is 1.64. The molecule has 0 bridgehead atoms. The van der Waals surface area contributed by atoms with E-state index in [2.05, 4.69) is 39.9 Å². The van der Waals surface area contributed by atoms with Crippen LogP contribution >= 0.6 is 0 Å². The van der Waals surface area contributed by atoms with Gasteiger partial charge in [-0.3, -0.25) is 4.79 Å². The molecule has 0 aliphatic carbocycles. The molecule has 1 amide bonds. The normalized spacial score (nSPS) is 13.5. The molecule has 1 N–H and O–H groups in total. The van der Waals surface area contributed by atoms with Crippen molar-refractivity contribution in [3.05, 3.63) is 0 Å². The summed E-state index contributed by atoms with van der Waals surface area (Å²) >= 11 is 0. The fourth-order valence-corrected chi connectivity index (χ4v) is 1.64. The molecule has 2 nitrogen and oxygen atoms in total. The Morgan fingerprint density at radius 3 is 2.35 bits per heavy atom. The van der Waals surface area contributed by atoms with Crippen LogP contribution in [0.25, 0.3) is 0 Å². The van der Waals surface area contributed by atoms with E-state index >= 15 is 0 Å². The molecular weight excluding hydrogens is 210 g/mol. The van der Waals surface area contributed by atoms with E-state index in [0.717, 1.165) is 19.4 Å². The number of rotatable bonds is 8. The molecule has 1 unspecified atom stereocenters. The van der Waals surface area contributed by atoms with Gasteiger partial charge in [-0.05, 0) is 24.2 Å². The summed E-state index contributed by atoms with van der Waals surface area (Å²) in [5.74, 6) is 0.820. The number of hydrogen-bond acceptors (Lipinski definition) is 1. The lowest BCUT2D eigenvalue weighted by Gasteiger charge is -2.17. The minimum absolute atomic E-state index is 0.223. The zero-order chi connectivity index (χ0) is 13.3. The maximum absolute atomic E-state index is 11.5. The van der Waals surface area contributed by atoms with Crippen molar-refractivity contribution in [1.82, 2.24) is 5.32 Å². The molecule has 17 heavy (non-hydrogen) atoms. The van der Waals surface area contributed by atoms with Crippen molar-refractivity contribution in [3.8, 4) is 0 Å². The minimum Gasteiger partial charge on any atom is -0.356 e. The average Bonchev–Trinajstić information content (AvgIpc) is 2.23. The van der Waals surface area contributed by atoms with Crippen molar-refractivity contribution < 1.29 is 4.79 Å². The van der Waals surface area contributed by atoms with E-state index in [4.69, 9.17) is 0 Å². The highest BCUT2D eigenvalue weighted by Crippen LogP contribution is 2.22. The van der Waals surface area contributed by atoms with E-state index in [0.29, 0.717) is 17.8 Å². The molecule has 102 valence electrons. The highest BCUT2D eigenvalue weighted by molar-refractivity contribution is 5.75. The monoisotopic (exact) mass is 241 g/mol. The van der Waals surface area contributed by atoms with Gasteiger partial charge in [0.1, 0.15) is 0 Å². The summed E-state index contributed by atoms with van der Waals surface area (Å²) in [6.45, 7) is 12.0. The quantitative estimate of drug-likeness (QED) is 0.636. The molecule has 0 fully saturated rings. The first-order chi connectivity index (χ1) is 7.85. The zero-order valence-electron chi connectivity index (χ0n) is 12.4. The van der Waals surface area contributed by atoms with Gasteiger partial charge in [-0.2, -0.15) is 0 Å². The van der Waals surface area contributed by atoms with Crippen LogP contribution in [-0.4, -0.2) is 12.5 Å². The second kappa shape index (κ2) is 8.54. The summed E-state index contributed by atoms with van der Waals surface area (Å²) in [7, 11) is 0.